The largest absolute Gasteiger partial charge is 0.474 e. The van der Waals surface area contributed by atoms with Crippen molar-refractivity contribution in [2.75, 3.05) is 51.8 Å². The number of rotatable bonds is 8. The average Bonchev–Trinajstić information content (AvgIpc) is 3.21. The lowest BCUT2D eigenvalue weighted by Crippen LogP contribution is -2.49. The summed E-state index contributed by atoms with van der Waals surface area (Å²) in [7, 11) is 1.71. The first-order valence-corrected chi connectivity index (χ1v) is 11.3. The predicted octanol–water partition coefficient (Wildman–Crippen LogP) is 3.20. The summed E-state index contributed by atoms with van der Waals surface area (Å²) in [6.07, 6.45) is -0.0284. The van der Waals surface area contributed by atoms with E-state index in [1.54, 1.807) is 7.11 Å². The Balaban J connectivity index is 1.58. The number of hydrogen-bond donors (Lipinski definition) is 2. The Morgan fingerprint density at radius 3 is 2.61 bits per heavy atom. The van der Waals surface area contributed by atoms with E-state index in [1.807, 2.05) is 56.0 Å². The Labute approximate surface area is 194 Å². The maximum Gasteiger partial charge on any atom is 0.253 e. The number of aromatic amines is 1. The fourth-order valence-corrected chi connectivity index (χ4v) is 3.93. The molecule has 176 valence electrons. The van der Waals surface area contributed by atoms with Crippen LogP contribution in [0.25, 0.3) is 10.8 Å². The van der Waals surface area contributed by atoms with Crippen LogP contribution in [0.1, 0.15) is 29.9 Å². The summed E-state index contributed by atoms with van der Waals surface area (Å²) in [4.78, 5) is 22.1. The van der Waals surface area contributed by atoms with Crippen LogP contribution in [-0.2, 0) is 4.74 Å². The van der Waals surface area contributed by atoms with E-state index in [-0.39, 0.29) is 12.0 Å². The SMILES string of the molecule is COCCN1CCN(C(=O)c2ccc3c(OC(C)C)nc(Nc4cc(C)[nH]n4)cc3c2)CC1. The molecule has 1 amide bonds. The van der Waals surface area contributed by atoms with Crippen LogP contribution in [0, 0.1) is 6.92 Å². The van der Waals surface area contributed by atoms with E-state index in [0.717, 1.165) is 36.1 Å². The van der Waals surface area contributed by atoms with Gasteiger partial charge in [0.05, 0.1) is 12.7 Å². The molecule has 2 aromatic heterocycles. The van der Waals surface area contributed by atoms with Crippen molar-refractivity contribution in [1.82, 2.24) is 25.0 Å². The van der Waals surface area contributed by atoms with Crippen LogP contribution in [0.2, 0.25) is 0 Å². The number of pyridine rings is 1. The summed E-state index contributed by atoms with van der Waals surface area (Å²) in [5.41, 5.74) is 1.61. The smallest absolute Gasteiger partial charge is 0.253 e. The number of hydrogen-bond acceptors (Lipinski definition) is 7. The van der Waals surface area contributed by atoms with Crippen LogP contribution < -0.4 is 10.1 Å². The molecule has 0 atom stereocenters. The number of aryl methyl sites for hydroxylation is 1. The molecule has 0 unspecified atom stereocenters. The molecular weight excluding hydrogens is 420 g/mol. The van der Waals surface area contributed by atoms with Gasteiger partial charge in [0.2, 0.25) is 5.88 Å². The van der Waals surface area contributed by atoms with Crippen LogP contribution in [0.4, 0.5) is 11.6 Å². The quantitative estimate of drug-likeness (QED) is 0.542. The highest BCUT2D eigenvalue weighted by molar-refractivity contribution is 6.00. The highest BCUT2D eigenvalue weighted by Gasteiger charge is 2.22. The molecule has 0 aliphatic carbocycles. The van der Waals surface area contributed by atoms with Gasteiger partial charge in [-0.25, -0.2) is 0 Å². The summed E-state index contributed by atoms with van der Waals surface area (Å²) in [6, 6.07) is 9.53. The van der Waals surface area contributed by atoms with Crippen molar-refractivity contribution >= 4 is 28.3 Å². The van der Waals surface area contributed by atoms with E-state index < -0.39 is 0 Å². The van der Waals surface area contributed by atoms with E-state index in [2.05, 4.69) is 25.4 Å². The second-order valence-electron chi connectivity index (χ2n) is 8.60. The first-order valence-electron chi connectivity index (χ1n) is 11.3. The number of piperazine rings is 1. The summed E-state index contributed by atoms with van der Waals surface area (Å²) in [5.74, 6) is 1.86. The van der Waals surface area contributed by atoms with Gasteiger partial charge in [0, 0.05) is 62.5 Å². The van der Waals surface area contributed by atoms with Crippen LogP contribution >= 0.6 is 0 Å². The Kier molecular flexibility index (Phi) is 7.10. The number of anilines is 2. The second-order valence-corrected chi connectivity index (χ2v) is 8.60. The Hall–Kier alpha value is -3.17. The van der Waals surface area contributed by atoms with Crippen LogP contribution in [0.5, 0.6) is 5.88 Å². The highest BCUT2D eigenvalue weighted by atomic mass is 16.5. The van der Waals surface area contributed by atoms with Crippen molar-refractivity contribution in [2.24, 2.45) is 0 Å². The van der Waals surface area contributed by atoms with Crippen molar-refractivity contribution in [3.63, 3.8) is 0 Å². The molecule has 0 bridgehead atoms. The Morgan fingerprint density at radius 2 is 1.94 bits per heavy atom. The van der Waals surface area contributed by atoms with Gasteiger partial charge in [0.25, 0.3) is 5.91 Å². The number of methoxy groups -OCH3 is 1. The van der Waals surface area contributed by atoms with E-state index in [9.17, 15) is 4.79 Å². The standard InChI is InChI=1S/C24H32N6O3/c1-16(2)33-23-20-6-5-18(24(31)30-9-7-29(8-10-30)11-12-32-4)14-19(20)15-21(26-23)25-22-13-17(3)27-28-22/h5-6,13-16H,7-12H2,1-4H3,(H2,25,26,27,28). The number of amides is 1. The molecule has 0 spiro atoms. The van der Waals surface area contributed by atoms with Crippen molar-refractivity contribution in [3.05, 3.63) is 41.6 Å². The number of aromatic nitrogens is 3. The van der Waals surface area contributed by atoms with E-state index in [1.165, 1.54) is 0 Å². The van der Waals surface area contributed by atoms with Gasteiger partial charge in [-0.2, -0.15) is 10.1 Å². The highest BCUT2D eigenvalue weighted by Crippen LogP contribution is 2.30. The van der Waals surface area contributed by atoms with E-state index >= 15 is 0 Å². The number of carbonyl (C=O) groups excluding carboxylic acids is 1. The van der Waals surface area contributed by atoms with Gasteiger partial charge < -0.3 is 19.7 Å². The number of fused-ring (bicyclic) bond motifs is 1. The normalized spacial score (nSPS) is 14.8. The minimum absolute atomic E-state index is 0.0284. The predicted molar refractivity (Wildman–Crippen MR) is 128 cm³/mol. The van der Waals surface area contributed by atoms with Gasteiger partial charge in [-0.15, -0.1) is 0 Å². The summed E-state index contributed by atoms with van der Waals surface area (Å²) < 4.78 is 11.1. The molecule has 9 nitrogen and oxygen atoms in total. The molecule has 1 aromatic carbocycles. The third-order valence-electron chi connectivity index (χ3n) is 5.62. The molecule has 1 aliphatic rings. The minimum atomic E-state index is -0.0284. The maximum atomic E-state index is 13.2. The number of benzene rings is 1. The fraction of sp³-hybridized carbons (Fsp3) is 0.458. The van der Waals surface area contributed by atoms with Gasteiger partial charge in [-0.3, -0.25) is 14.8 Å². The first kappa shape index (κ1) is 23.0. The molecular formula is C24H32N6O3. The Morgan fingerprint density at radius 1 is 1.15 bits per heavy atom. The van der Waals surface area contributed by atoms with Crippen LogP contribution in [-0.4, -0.2) is 83.4 Å². The summed E-state index contributed by atoms with van der Waals surface area (Å²) >= 11 is 0. The molecule has 33 heavy (non-hydrogen) atoms. The van der Waals surface area contributed by atoms with Gasteiger partial charge >= 0.3 is 0 Å². The van der Waals surface area contributed by atoms with Crippen LogP contribution in [0.3, 0.4) is 0 Å². The number of ether oxygens (including phenoxy) is 2. The third-order valence-corrected chi connectivity index (χ3v) is 5.62. The van der Waals surface area contributed by atoms with Crippen molar-refractivity contribution in [2.45, 2.75) is 26.9 Å². The van der Waals surface area contributed by atoms with Crippen LogP contribution in [0.15, 0.2) is 30.3 Å². The van der Waals surface area contributed by atoms with Gasteiger partial charge in [-0.1, -0.05) is 0 Å². The van der Waals surface area contributed by atoms with Crippen molar-refractivity contribution in [3.8, 4) is 5.88 Å². The topological polar surface area (TPSA) is 95.6 Å². The summed E-state index contributed by atoms with van der Waals surface area (Å²) in [6.45, 7) is 10.6. The minimum Gasteiger partial charge on any atom is -0.474 e. The first-order chi connectivity index (χ1) is 15.9. The molecule has 1 saturated heterocycles. The molecule has 3 aromatic rings. The van der Waals surface area contributed by atoms with Crippen molar-refractivity contribution < 1.29 is 14.3 Å². The lowest BCUT2D eigenvalue weighted by atomic mass is 10.1. The maximum absolute atomic E-state index is 13.2. The molecule has 9 heteroatoms. The van der Waals surface area contributed by atoms with E-state index in [0.29, 0.717) is 42.8 Å². The molecule has 1 fully saturated rings. The number of H-pyrrole nitrogens is 1. The molecule has 4 rings (SSSR count). The van der Waals surface area contributed by atoms with Crippen molar-refractivity contribution in [1.29, 1.82) is 0 Å². The lowest BCUT2D eigenvalue weighted by molar-refractivity contribution is 0.0594. The third kappa shape index (κ3) is 5.61. The second kappa shape index (κ2) is 10.2. The number of carbonyl (C=O) groups is 1. The molecule has 1 aliphatic heterocycles. The molecule has 2 N–H and O–H groups in total. The average molecular weight is 453 g/mol. The molecule has 3 heterocycles. The van der Waals surface area contributed by atoms with Gasteiger partial charge in [0.1, 0.15) is 5.82 Å². The Bertz CT molecular complexity index is 1100. The number of nitrogens with one attached hydrogen (secondary N) is 2. The zero-order valence-corrected chi connectivity index (χ0v) is 19.7. The fourth-order valence-electron chi connectivity index (χ4n) is 3.93. The number of nitrogens with zero attached hydrogens (tertiary/aromatic N) is 4. The lowest BCUT2D eigenvalue weighted by Gasteiger charge is -2.34. The molecule has 0 radical (unpaired) electrons. The molecule has 0 saturated carbocycles. The zero-order valence-electron chi connectivity index (χ0n) is 19.7. The zero-order chi connectivity index (χ0) is 23.4. The van der Waals surface area contributed by atoms with Gasteiger partial charge in [0.15, 0.2) is 5.82 Å². The van der Waals surface area contributed by atoms with E-state index in [4.69, 9.17) is 9.47 Å². The summed E-state index contributed by atoms with van der Waals surface area (Å²) in [5, 5.41) is 12.1. The van der Waals surface area contributed by atoms with Gasteiger partial charge in [-0.05, 0) is 50.4 Å². The monoisotopic (exact) mass is 452 g/mol.